The molecule has 5 rings (SSSR count). The van der Waals surface area contributed by atoms with E-state index in [0.29, 0.717) is 24.5 Å². The maximum Gasteiger partial charge on any atom is 0.573 e. The van der Waals surface area contributed by atoms with Gasteiger partial charge in [0.2, 0.25) is 5.88 Å². The monoisotopic (exact) mass is 591 g/mol. The summed E-state index contributed by atoms with van der Waals surface area (Å²) in [5, 5.41) is 0. The third-order valence-corrected chi connectivity index (χ3v) is 6.55. The Bertz CT molecular complexity index is 1810. The number of fused-ring (bicyclic) bond motifs is 1. The zero-order valence-corrected chi connectivity index (χ0v) is 23.2. The third-order valence-electron chi connectivity index (χ3n) is 6.55. The van der Waals surface area contributed by atoms with Gasteiger partial charge in [-0.3, -0.25) is 4.98 Å². The zero-order chi connectivity index (χ0) is 30.6. The molecule has 0 fully saturated rings. The number of aryl methyl sites for hydroxylation is 1. The van der Waals surface area contributed by atoms with Crippen molar-refractivity contribution in [1.82, 2.24) is 19.5 Å². The van der Waals surface area contributed by atoms with Crippen LogP contribution in [0.3, 0.4) is 0 Å². The highest BCUT2D eigenvalue weighted by atomic mass is 19.4. The molecule has 0 aliphatic carbocycles. The highest BCUT2D eigenvalue weighted by molar-refractivity contribution is 5.77. The van der Waals surface area contributed by atoms with Gasteiger partial charge >= 0.3 is 6.36 Å². The summed E-state index contributed by atoms with van der Waals surface area (Å²) in [7, 11) is 1.57. The predicted molar refractivity (Wildman–Crippen MR) is 150 cm³/mol. The fourth-order valence-corrected chi connectivity index (χ4v) is 4.49. The first-order chi connectivity index (χ1) is 20.6. The number of imidazole rings is 1. The SMILES string of the molecule is [C-]#[N+]c1ccc(COc2cccc(-c3cc(OC(F)(F)F)c(Cc4nc5ccc(C)cc5n4CCOC)cn3)n2)c(F)c1. The van der Waals surface area contributed by atoms with Gasteiger partial charge in [-0.2, -0.15) is 0 Å². The van der Waals surface area contributed by atoms with Crippen LogP contribution in [-0.2, 0) is 24.3 Å². The van der Waals surface area contributed by atoms with Gasteiger partial charge in [0.05, 0.1) is 35.6 Å². The maximum absolute atomic E-state index is 14.3. The van der Waals surface area contributed by atoms with E-state index >= 15 is 0 Å². The molecule has 220 valence electrons. The van der Waals surface area contributed by atoms with Gasteiger partial charge in [0.15, 0.2) is 5.69 Å². The van der Waals surface area contributed by atoms with Crippen LogP contribution >= 0.6 is 0 Å². The van der Waals surface area contributed by atoms with E-state index < -0.39 is 17.9 Å². The second kappa shape index (κ2) is 12.5. The molecule has 8 nitrogen and oxygen atoms in total. The Hall–Kier alpha value is -5.02. The average Bonchev–Trinajstić information content (AvgIpc) is 3.31. The molecule has 0 radical (unpaired) electrons. The number of rotatable bonds is 10. The lowest BCUT2D eigenvalue weighted by Gasteiger charge is -2.15. The van der Waals surface area contributed by atoms with Crippen molar-refractivity contribution in [3.8, 4) is 23.0 Å². The summed E-state index contributed by atoms with van der Waals surface area (Å²) >= 11 is 0. The molecular formula is C31H25F4N5O3. The van der Waals surface area contributed by atoms with E-state index in [4.69, 9.17) is 16.0 Å². The van der Waals surface area contributed by atoms with Crippen LogP contribution in [0, 0.1) is 19.3 Å². The van der Waals surface area contributed by atoms with Crippen LogP contribution in [0.1, 0.15) is 22.5 Å². The van der Waals surface area contributed by atoms with Gasteiger partial charge in [-0.25, -0.2) is 19.2 Å². The molecule has 0 atom stereocenters. The summed E-state index contributed by atoms with van der Waals surface area (Å²) in [4.78, 5) is 16.6. The summed E-state index contributed by atoms with van der Waals surface area (Å²) in [5.74, 6) is -0.391. The van der Waals surface area contributed by atoms with Crippen molar-refractivity contribution < 1.29 is 31.8 Å². The molecule has 0 bridgehead atoms. The summed E-state index contributed by atoms with van der Waals surface area (Å²) in [6, 6.07) is 15.6. The summed E-state index contributed by atoms with van der Waals surface area (Å²) in [6.07, 6.45) is -3.62. The Morgan fingerprint density at radius 2 is 1.81 bits per heavy atom. The lowest BCUT2D eigenvalue weighted by molar-refractivity contribution is -0.274. The molecule has 3 aromatic heterocycles. The molecule has 0 saturated heterocycles. The number of hydrogen-bond donors (Lipinski definition) is 0. The molecule has 0 spiro atoms. The molecule has 5 aromatic rings. The van der Waals surface area contributed by atoms with Crippen molar-refractivity contribution in [2.45, 2.75) is 32.9 Å². The topological polar surface area (TPSA) is 75.7 Å². The standard InChI is InChI=1S/C31H25F4N5O3/c1-19-7-10-25-27(13-19)40(11-12-41-3)29(38-25)14-21-17-37-26(16-28(21)43-31(33,34)35)24-5-4-6-30(39-24)42-18-20-8-9-22(36-2)15-23(20)32/h4-10,13,15-17H,11-12,14,18H2,1,3H3. The summed E-state index contributed by atoms with van der Waals surface area (Å²) < 4.78 is 71.9. The van der Waals surface area contributed by atoms with Gasteiger partial charge < -0.3 is 18.8 Å². The average molecular weight is 592 g/mol. The van der Waals surface area contributed by atoms with Crippen LogP contribution in [0.15, 0.2) is 66.9 Å². The van der Waals surface area contributed by atoms with Gasteiger partial charge in [0.1, 0.15) is 24.0 Å². The molecule has 0 unspecified atom stereocenters. The molecule has 0 saturated carbocycles. The van der Waals surface area contributed by atoms with Crippen molar-refractivity contribution in [3.05, 3.63) is 107 Å². The third kappa shape index (κ3) is 7.07. The van der Waals surface area contributed by atoms with Crippen LogP contribution in [-0.4, -0.2) is 39.6 Å². The number of methoxy groups -OCH3 is 1. The van der Waals surface area contributed by atoms with E-state index in [2.05, 4.69) is 24.5 Å². The first-order valence-electron chi connectivity index (χ1n) is 13.1. The first kappa shape index (κ1) is 29.5. The van der Waals surface area contributed by atoms with Crippen LogP contribution in [0.25, 0.3) is 27.3 Å². The Morgan fingerprint density at radius 1 is 0.977 bits per heavy atom. The first-order valence-corrected chi connectivity index (χ1v) is 13.1. The summed E-state index contributed by atoms with van der Waals surface area (Å²) in [6.45, 7) is 9.60. The lowest BCUT2D eigenvalue weighted by atomic mass is 10.1. The number of pyridine rings is 2. The number of nitrogens with zero attached hydrogens (tertiary/aromatic N) is 5. The highest BCUT2D eigenvalue weighted by Crippen LogP contribution is 2.32. The van der Waals surface area contributed by atoms with Gasteiger partial charge in [0, 0.05) is 49.5 Å². The maximum atomic E-state index is 14.3. The van der Waals surface area contributed by atoms with Crippen LogP contribution < -0.4 is 9.47 Å². The van der Waals surface area contributed by atoms with Crippen molar-refractivity contribution >= 4 is 16.7 Å². The van der Waals surface area contributed by atoms with Crippen LogP contribution in [0.2, 0.25) is 0 Å². The molecule has 3 heterocycles. The van der Waals surface area contributed by atoms with Crippen molar-refractivity contribution in [2.75, 3.05) is 13.7 Å². The molecule has 43 heavy (non-hydrogen) atoms. The molecule has 12 heteroatoms. The molecule has 0 aliphatic heterocycles. The minimum absolute atomic E-state index is 0.0184. The van der Waals surface area contributed by atoms with E-state index in [-0.39, 0.29) is 47.1 Å². The molecule has 0 amide bonds. The minimum Gasteiger partial charge on any atom is -0.473 e. The largest absolute Gasteiger partial charge is 0.573 e. The number of ether oxygens (including phenoxy) is 3. The van der Waals surface area contributed by atoms with Gasteiger partial charge in [-0.05, 0) is 36.8 Å². The Morgan fingerprint density at radius 3 is 2.56 bits per heavy atom. The second-order valence-electron chi connectivity index (χ2n) is 9.60. The smallest absolute Gasteiger partial charge is 0.473 e. The predicted octanol–water partition coefficient (Wildman–Crippen LogP) is 7.21. The van der Waals surface area contributed by atoms with E-state index in [9.17, 15) is 17.6 Å². The Labute approximate surface area is 244 Å². The Kier molecular flexibility index (Phi) is 8.54. The van der Waals surface area contributed by atoms with E-state index in [0.717, 1.165) is 17.1 Å². The minimum atomic E-state index is -4.95. The quantitative estimate of drug-likeness (QED) is 0.126. The number of aromatic nitrogens is 4. The molecule has 0 aliphatic rings. The van der Waals surface area contributed by atoms with E-state index in [1.165, 1.54) is 30.5 Å². The fourth-order valence-electron chi connectivity index (χ4n) is 4.49. The van der Waals surface area contributed by atoms with Gasteiger partial charge in [-0.15, -0.1) is 13.2 Å². The van der Waals surface area contributed by atoms with E-state index in [1.807, 2.05) is 29.7 Å². The molecular weight excluding hydrogens is 566 g/mol. The lowest BCUT2D eigenvalue weighted by Crippen LogP contribution is -2.19. The molecule has 2 aromatic carbocycles. The fraction of sp³-hybridized carbons (Fsp3) is 0.226. The highest BCUT2D eigenvalue weighted by Gasteiger charge is 2.33. The van der Waals surface area contributed by atoms with Crippen molar-refractivity contribution in [2.24, 2.45) is 0 Å². The van der Waals surface area contributed by atoms with E-state index in [1.54, 1.807) is 19.2 Å². The van der Waals surface area contributed by atoms with Crippen LogP contribution in [0.5, 0.6) is 11.6 Å². The van der Waals surface area contributed by atoms with Gasteiger partial charge in [-0.1, -0.05) is 24.3 Å². The number of benzene rings is 2. The van der Waals surface area contributed by atoms with Crippen molar-refractivity contribution in [3.63, 3.8) is 0 Å². The number of halogens is 4. The second-order valence-corrected chi connectivity index (χ2v) is 9.60. The van der Waals surface area contributed by atoms with Gasteiger partial charge in [0.25, 0.3) is 0 Å². The zero-order valence-electron chi connectivity index (χ0n) is 23.2. The number of hydrogen-bond acceptors (Lipinski definition) is 6. The molecule has 0 N–H and O–H groups in total. The van der Waals surface area contributed by atoms with Crippen LogP contribution in [0.4, 0.5) is 23.2 Å². The normalized spacial score (nSPS) is 11.5. The summed E-state index contributed by atoms with van der Waals surface area (Å²) in [5.41, 5.74) is 3.47. The number of alkyl halides is 3. The Balaban J connectivity index is 1.44. The van der Waals surface area contributed by atoms with Crippen molar-refractivity contribution in [1.29, 1.82) is 0 Å².